The van der Waals surface area contributed by atoms with Crippen molar-refractivity contribution in [1.82, 2.24) is 0 Å². The van der Waals surface area contributed by atoms with Gasteiger partial charge in [-0.2, -0.15) is 0 Å². The van der Waals surface area contributed by atoms with E-state index in [2.05, 4.69) is 10.0 Å². The molecule has 1 N–H and O–H groups in total. The molecule has 2 rings (SSSR count). The Morgan fingerprint density at radius 1 is 0.653 bits per heavy atom. The van der Waals surface area contributed by atoms with Crippen LogP contribution in [0, 0.1) is 5.41 Å². The zero-order valence-electron chi connectivity index (χ0n) is 26.7. The summed E-state index contributed by atoms with van der Waals surface area (Å²) in [5, 5.41) is 11.6. The Hall–Kier alpha value is -3.65. The average Bonchev–Trinajstić information content (AvgIpc) is 2.95. The van der Waals surface area contributed by atoms with Crippen LogP contribution in [0.25, 0.3) is 10.4 Å². The lowest BCUT2D eigenvalue weighted by Crippen LogP contribution is -2.66. The minimum absolute atomic E-state index is 0.612. The highest BCUT2D eigenvalue weighted by Crippen LogP contribution is 2.37. The van der Waals surface area contributed by atoms with Crippen molar-refractivity contribution in [2.75, 3.05) is 13.2 Å². The van der Waals surface area contributed by atoms with Gasteiger partial charge in [0.2, 0.25) is 12.2 Å². The smallest absolute Gasteiger partial charge is 0.303 e. The minimum Gasteiger partial charge on any atom is -0.463 e. The van der Waals surface area contributed by atoms with Gasteiger partial charge < -0.3 is 47.4 Å². The van der Waals surface area contributed by atoms with Gasteiger partial charge in [0, 0.05) is 46.5 Å². The summed E-state index contributed by atoms with van der Waals surface area (Å²) < 4.78 is 52.6. The standard InChI is InChI=1S/C26H33Cl3N4O16/c1-9(34)40-7-15-18(20(43-12(4)37)17(32-33-31)23(46-15)49-25(30)26(27,28)29)48-24-22(45-14(6)39)21(44-13(5)38)19(42-11(3)36)16(47-24)8-41-10(2)35/h15-24,30H,7-8H2,1-6H3/t15?,16?,17?,18-,19-,20+,21-,22?,23-,24-/m0/s1. The third kappa shape index (κ3) is 12.6. The van der Waals surface area contributed by atoms with Gasteiger partial charge in [0.25, 0.3) is 3.79 Å². The molecule has 274 valence electrons. The summed E-state index contributed by atoms with van der Waals surface area (Å²) in [4.78, 5) is 75.2. The zero-order valence-corrected chi connectivity index (χ0v) is 29.0. The second kappa shape index (κ2) is 18.4. The number of nitrogens with zero attached hydrogens (tertiary/aromatic N) is 3. The highest BCUT2D eigenvalue weighted by Gasteiger charge is 2.57. The molecule has 0 aromatic heterocycles. The molecule has 0 saturated carbocycles. The summed E-state index contributed by atoms with van der Waals surface area (Å²) in [6, 6.07) is -1.72. The van der Waals surface area contributed by atoms with Gasteiger partial charge in [0.05, 0.1) is 0 Å². The van der Waals surface area contributed by atoms with Crippen molar-refractivity contribution in [3.05, 3.63) is 10.4 Å². The summed E-state index contributed by atoms with van der Waals surface area (Å²) in [6.07, 6.45) is -15.1. The Morgan fingerprint density at radius 2 is 1.08 bits per heavy atom. The van der Waals surface area contributed by atoms with Crippen LogP contribution in [0.4, 0.5) is 0 Å². The molecule has 49 heavy (non-hydrogen) atoms. The fraction of sp³-hybridized carbons (Fsp3) is 0.731. The minimum atomic E-state index is -2.44. The van der Waals surface area contributed by atoms with Crippen molar-refractivity contribution in [2.24, 2.45) is 5.11 Å². The number of hydrogen-bond donors (Lipinski definition) is 1. The highest BCUT2D eigenvalue weighted by molar-refractivity contribution is 6.76. The van der Waals surface area contributed by atoms with Gasteiger partial charge in [-0.15, -0.1) is 0 Å². The van der Waals surface area contributed by atoms with E-state index >= 15 is 0 Å². The van der Waals surface area contributed by atoms with Gasteiger partial charge in [-0.25, -0.2) is 0 Å². The summed E-state index contributed by atoms with van der Waals surface area (Å²) >= 11 is 17.2. The summed E-state index contributed by atoms with van der Waals surface area (Å²) in [5.41, 5.74) is 9.38. The molecule has 20 nitrogen and oxygen atoms in total. The molecule has 0 amide bonds. The fourth-order valence-electron chi connectivity index (χ4n) is 4.63. The zero-order chi connectivity index (χ0) is 37.2. The summed E-state index contributed by atoms with van der Waals surface area (Å²) in [7, 11) is 0. The molecule has 0 spiro atoms. The van der Waals surface area contributed by atoms with Gasteiger partial charge in [-0.05, 0) is 5.53 Å². The van der Waals surface area contributed by atoms with Crippen LogP contribution in [0.1, 0.15) is 41.5 Å². The Bertz CT molecular complexity index is 1330. The first-order valence-electron chi connectivity index (χ1n) is 14.0. The second-order valence-corrected chi connectivity index (χ2v) is 12.5. The van der Waals surface area contributed by atoms with E-state index < -0.39 is 120 Å². The predicted octanol–water partition coefficient (Wildman–Crippen LogP) is 1.72. The van der Waals surface area contributed by atoms with E-state index in [4.69, 9.17) is 87.6 Å². The lowest BCUT2D eigenvalue weighted by Gasteiger charge is -2.48. The van der Waals surface area contributed by atoms with E-state index in [1.807, 2.05) is 0 Å². The maximum Gasteiger partial charge on any atom is 0.303 e. The number of carbonyl (C=O) groups is 6. The van der Waals surface area contributed by atoms with Crippen molar-refractivity contribution >= 4 is 76.5 Å². The number of carbonyl (C=O) groups excluding carboxylic acids is 6. The van der Waals surface area contributed by atoms with Gasteiger partial charge >= 0.3 is 35.8 Å². The van der Waals surface area contributed by atoms with Crippen molar-refractivity contribution < 1.29 is 76.1 Å². The third-order valence-corrected chi connectivity index (χ3v) is 6.80. The molecule has 0 aromatic rings. The molecule has 2 heterocycles. The van der Waals surface area contributed by atoms with E-state index in [1.54, 1.807) is 0 Å². The molecule has 2 aliphatic heterocycles. The number of alkyl halides is 3. The van der Waals surface area contributed by atoms with Gasteiger partial charge in [-0.1, -0.05) is 39.9 Å². The van der Waals surface area contributed by atoms with Crippen LogP contribution in [0.5, 0.6) is 0 Å². The average molecular weight is 764 g/mol. The van der Waals surface area contributed by atoms with Gasteiger partial charge in [0.15, 0.2) is 24.6 Å². The molecular formula is C26H33Cl3N4O16. The molecule has 2 saturated heterocycles. The van der Waals surface area contributed by atoms with E-state index in [0.29, 0.717) is 0 Å². The third-order valence-electron chi connectivity index (χ3n) is 6.28. The number of halogens is 3. The number of rotatable bonds is 12. The van der Waals surface area contributed by atoms with Crippen LogP contribution in [-0.2, 0) is 76.1 Å². The topological polar surface area (TPSA) is 267 Å². The molecule has 23 heteroatoms. The normalized spacial score (nSPS) is 29.6. The lowest BCUT2D eigenvalue weighted by molar-refractivity contribution is -0.345. The quantitative estimate of drug-likeness (QED) is 0.0433. The molecule has 0 aromatic carbocycles. The van der Waals surface area contributed by atoms with Crippen LogP contribution >= 0.6 is 34.8 Å². The first-order chi connectivity index (χ1) is 22.7. The van der Waals surface area contributed by atoms with Crippen LogP contribution in [0.3, 0.4) is 0 Å². The number of esters is 6. The molecule has 10 atom stereocenters. The van der Waals surface area contributed by atoms with Crippen LogP contribution in [-0.4, -0.2) is 120 Å². The number of hydrogen-bond acceptors (Lipinski definition) is 18. The summed E-state index contributed by atoms with van der Waals surface area (Å²) in [6.45, 7) is 4.83. The molecule has 2 fully saturated rings. The van der Waals surface area contributed by atoms with Crippen LogP contribution in [0.15, 0.2) is 5.11 Å². The van der Waals surface area contributed by atoms with Crippen molar-refractivity contribution in [3.63, 3.8) is 0 Å². The van der Waals surface area contributed by atoms with Crippen LogP contribution in [0.2, 0.25) is 0 Å². The fourth-order valence-corrected chi connectivity index (χ4v) is 4.77. The second-order valence-electron chi connectivity index (χ2n) is 10.2. The SMILES string of the molecule is CC(=O)OCC1O[C@@H](OC(=N)C(Cl)(Cl)Cl)C(N=[N+]=[N-])[C@@H](OC(C)=O)[C@H]1O[C@@H]1OC(COC(C)=O)[C@H](OC(C)=O)[C@H](OC(C)=O)C1OC(C)=O. The molecule has 2 aliphatic rings. The van der Waals surface area contributed by atoms with E-state index in [9.17, 15) is 34.3 Å². The van der Waals surface area contributed by atoms with Crippen molar-refractivity contribution in [2.45, 2.75) is 107 Å². The van der Waals surface area contributed by atoms with E-state index in [-0.39, 0.29) is 0 Å². The largest absolute Gasteiger partial charge is 0.463 e. The molecule has 0 aliphatic carbocycles. The maximum absolute atomic E-state index is 12.4. The Balaban J connectivity index is 2.75. The van der Waals surface area contributed by atoms with Gasteiger partial charge in [0.1, 0.15) is 43.7 Å². The molecule has 4 unspecified atom stereocenters. The van der Waals surface area contributed by atoms with Crippen molar-refractivity contribution in [3.8, 4) is 0 Å². The van der Waals surface area contributed by atoms with Crippen molar-refractivity contribution in [1.29, 1.82) is 5.41 Å². The van der Waals surface area contributed by atoms with E-state index in [1.165, 1.54) is 0 Å². The predicted molar refractivity (Wildman–Crippen MR) is 160 cm³/mol. The first kappa shape index (κ1) is 41.5. The number of azide groups is 1. The lowest BCUT2D eigenvalue weighted by atomic mass is 9.95. The Kier molecular flexibility index (Phi) is 15.6. The van der Waals surface area contributed by atoms with Gasteiger partial charge in [-0.3, -0.25) is 34.2 Å². The number of nitrogens with one attached hydrogen (secondary N) is 1. The monoisotopic (exact) mass is 762 g/mol. The van der Waals surface area contributed by atoms with Crippen LogP contribution < -0.4 is 0 Å². The molecule has 0 bridgehead atoms. The maximum atomic E-state index is 12.4. The Labute approximate surface area is 293 Å². The highest BCUT2D eigenvalue weighted by atomic mass is 35.6. The Morgan fingerprint density at radius 3 is 1.53 bits per heavy atom. The molecular weight excluding hydrogens is 731 g/mol. The first-order valence-corrected chi connectivity index (χ1v) is 15.2. The summed E-state index contributed by atoms with van der Waals surface area (Å²) in [5.74, 6) is -6.36. The van der Waals surface area contributed by atoms with E-state index in [0.717, 1.165) is 41.5 Å². The number of ether oxygens (including phenoxy) is 10. The molecule has 0 radical (unpaired) electrons.